The minimum atomic E-state index is -3.64. The first-order valence-electron chi connectivity index (χ1n) is 17.1. The maximum Gasteiger partial charge on any atom is 0.407 e. The van der Waals surface area contributed by atoms with Crippen LogP contribution in [0.1, 0.15) is 71.5 Å². The second kappa shape index (κ2) is 19.4. The first-order chi connectivity index (χ1) is 24.8. The van der Waals surface area contributed by atoms with Gasteiger partial charge in [0.2, 0.25) is 21.8 Å². The molecule has 1 unspecified atom stereocenters. The molecule has 52 heavy (non-hydrogen) atoms. The maximum atomic E-state index is 13.6. The van der Waals surface area contributed by atoms with Crippen LogP contribution < -0.4 is 25.4 Å². The highest BCUT2D eigenvalue weighted by atomic mass is 32.2. The summed E-state index contributed by atoms with van der Waals surface area (Å²) in [6, 6.07) is 5.67. The Labute approximate surface area is 307 Å². The van der Waals surface area contributed by atoms with Gasteiger partial charge in [-0.2, -0.15) is 0 Å². The maximum absolute atomic E-state index is 13.6. The number of benzene rings is 1. The second-order valence-electron chi connectivity index (χ2n) is 12.8. The topological polar surface area (TPSA) is 209 Å². The number of nitrogens with zero attached hydrogens (tertiary/aromatic N) is 3. The van der Waals surface area contributed by atoms with Crippen LogP contribution in [-0.4, -0.2) is 91.7 Å². The summed E-state index contributed by atoms with van der Waals surface area (Å²) in [5, 5.41) is 9.26. The molecule has 4 rings (SSSR count). The van der Waals surface area contributed by atoms with Crippen molar-refractivity contribution in [3.05, 3.63) is 47.7 Å². The first-order valence-corrected chi connectivity index (χ1v) is 19.5. The molecule has 1 aliphatic carbocycles. The number of amides is 3. The third kappa shape index (κ3) is 13.3. The lowest BCUT2D eigenvalue weighted by Gasteiger charge is -2.19. The number of sulfonamides is 1. The minimum absolute atomic E-state index is 0.0536. The Bertz CT molecular complexity index is 1730. The van der Waals surface area contributed by atoms with Crippen molar-refractivity contribution >= 4 is 50.1 Å². The van der Waals surface area contributed by atoms with Crippen molar-refractivity contribution in [3.8, 4) is 17.1 Å². The molecule has 1 atom stereocenters. The highest BCUT2D eigenvalue weighted by Crippen LogP contribution is 2.29. The van der Waals surface area contributed by atoms with E-state index in [0.29, 0.717) is 36.7 Å². The molecule has 284 valence electrons. The van der Waals surface area contributed by atoms with E-state index in [2.05, 4.69) is 35.6 Å². The van der Waals surface area contributed by atoms with Gasteiger partial charge < -0.3 is 34.9 Å². The lowest BCUT2D eigenvalue weighted by molar-refractivity contribution is -0.127. The van der Waals surface area contributed by atoms with Crippen LogP contribution >= 0.6 is 11.3 Å². The number of hydrogen-bond acceptors (Lipinski definition) is 13. The summed E-state index contributed by atoms with van der Waals surface area (Å²) in [5.74, 6) is -0.664. The zero-order valence-corrected chi connectivity index (χ0v) is 31.4. The molecule has 3 amide bonds. The molecule has 2 aromatic heterocycles. The van der Waals surface area contributed by atoms with Gasteiger partial charge in [-0.15, -0.1) is 11.3 Å². The number of thiazole rings is 1. The van der Waals surface area contributed by atoms with Crippen molar-refractivity contribution in [3.63, 3.8) is 0 Å². The minimum Gasteiger partial charge on any atom is -0.477 e. The van der Waals surface area contributed by atoms with Crippen LogP contribution in [0.2, 0.25) is 0 Å². The van der Waals surface area contributed by atoms with Crippen LogP contribution in [0.15, 0.2) is 42.0 Å². The van der Waals surface area contributed by atoms with Crippen molar-refractivity contribution in [2.24, 2.45) is 0 Å². The third-order valence-electron chi connectivity index (χ3n) is 7.47. The molecular weight excluding hydrogens is 715 g/mol. The number of carbonyl (C=O) groups is 3. The summed E-state index contributed by atoms with van der Waals surface area (Å²) in [4.78, 5) is 51.3. The Balaban J connectivity index is 1.32. The molecule has 2 heterocycles. The zero-order chi connectivity index (χ0) is 37.6. The van der Waals surface area contributed by atoms with Gasteiger partial charge in [0.25, 0.3) is 5.91 Å². The number of anilines is 2. The summed E-state index contributed by atoms with van der Waals surface area (Å²) in [5.41, 5.74) is 1.37. The molecule has 1 saturated carbocycles. The van der Waals surface area contributed by atoms with E-state index in [1.165, 1.54) is 11.6 Å². The normalized spacial score (nSPS) is 14.0. The van der Waals surface area contributed by atoms with Gasteiger partial charge in [0.05, 0.1) is 62.1 Å². The SMILES string of the molecule is CCOc1cncc(-c2ccc(NC(=O)C(NC(=O)CCOCCOCCNC(=O)OC(C)(C)C)c3csc(NS(=O)(=O)C4CCCC4)n3)cc2)n1. The van der Waals surface area contributed by atoms with E-state index >= 15 is 0 Å². The summed E-state index contributed by atoms with van der Waals surface area (Å²) in [6.45, 7) is 8.65. The zero-order valence-electron chi connectivity index (χ0n) is 29.8. The standard InChI is InChI=1S/C34H47N7O9S2/c1-5-49-29-21-35-20-26(38-29)23-10-12-24(13-11-23)37-31(43)30(27-22-51-32(39-27)41-52(45,46)25-8-6-7-9-25)40-28(42)14-16-47-18-19-48-17-15-36-33(44)50-34(2,3)4/h10-13,20-22,25,30H,5-9,14-19H2,1-4H3,(H,36,44)(H,37,43)(H,39,41)(H,40,42). The van der Waals surface area contributed by atoms with E-state index < -0.39 is 44.8 Å². The number of nitrogens with one attached hydrogen (secondary N) is 4. The third-order valence-corrected chi connectivity index (χ3v) is 10.2. The fraction of sp³-hybridized carbons (Fsp3) is 0.529. The van der Waals surface area contributed by atoms with Gasteiger partial charge in [0.15, 0.2) is 11.2 Å². The van der Waals surface area contributed by atoms with Gasteiger partial charge >= 0.3 is 6.09 Å². The van der Waals surface area contributed by atoms with Gasteiger partial charge in [-0.1, -0.05) is 25.0 Å². The van der Waals surface area contributed by atoms with E-state index in [4.69, 9.17) is 18.9 Å². The van der Waals surface area contributed by atoms with Gasteiger partial charge in [0, 0.05) is 29.6 Å². The quantitative estimate of drug-likeness (QED) is 0.125. The fourth-order valence-corrected chi connectivity index (χ4v) is 7.58. The van der Waals surface area contributed by atoms with Gasteiger partial charge in [-0.3, -0.25) is 19.3 Å². The molecule has 0 aliphatic heterocycles. The van der Waals surface area contributed by atoms with Crippen LogP contribution in [0, 0.1) is 0 Å². The Hall–Kier alpha value is -4.39. The Morgan fingerprint density at radius 3 is 2.38 bits per heavy atom. The number of carbonyl (C=O) groups excluding carboxylic acids is 3. The van der Waals surface area contributed by atoms with Crippen molar-refractivity contribution in [2.45, 2.75) is 76.7 Å². The fourth-order valence-electron chi connectivity index (χ4n) is 5.05. The van der Waals surface area contributed by atoms with E-state index in [1.807, 2.05) is 6.92 Å². The molecular formula is C34H47N7O9S2. The summed E-state index contributed by atoms with van der Waals surface area (Å²) in [7, 11) is -3.64. The van der Waals surface area contributed by atoms with Crippen molar-refractivity contribution in [2.75, 3.05) is 49.6 Å². The summed E-state index contributed by atoms with van der Waals surface area (Å²) >= 11 is 1.03. The molecule has 16 nitrogen and oxygen atoms in total. The monoisotopic (exact) mass is 761 g/mol. The van der Waals surface area contributed by atoms with Gasteiger partial charge in [0.1, 0.15) is 5.60 Å². The van der Waals surface area contributed by atoms with E-state index in [0.717, 1.165) is 29.7 Å². The van der Waals surface area contributed by atoms with Crippen LogP contribution in [0.3, 0.4) is 0 Å². The smallest absolute Gasteiger partial charge is 0.407 e. The van der Waals surface area contributed by atoms with Crippen LogP contribution in [0.5, 0.6) is 5.88 Å². The molecule has 4 N–H and O–H groups in total. The van der Waals surface area contributed by atoms with Crippen LogP contribution in [0.25, 0.3) is 11.3 Å². The van der Waals surface area contributed by atoms with E-state index in [-0.39, 0.29) is 50.2 Å². The molecule has 0 saturated heterocycles. The first kappa shape index (κ1) is 40.4. The lowest BCUT2D eigenvalue weighted by atomic mass is 10.1. The van der Waals surface area contributed by atoms with E-state index in [1.54, 1.807) is 51.2 Å². The Morgan fingerprint density at radius 1 is 0.981 bits per heavy atom. The summed E-state index contributed by atoms with van der Waals surface area (Å²) in [6.07, 6.45) is 5.39. The molecule has 1 aromatic carbocycles. The molecule has 3 aromatic rings. The molecule has 1 aliphatic rings. The van der Waals surface area contributed by atoms with Crippen LogP contribution in [0.4, 0.5) is 15.6 Å². The molecule has 18 heteroatoms. The Morgan fingerprint density at radius 2 is 1.69 bits per heavy atom. The number of hydrogen-bond donors (Lipinski definition) is 4. The predicted octanol–water partition coefficient (Wildman–Crippen LogP) is 4.43. The van der Waals surface area contributed by atoms with Crippen molar-refractivity contribution < 1.29 is 41.7 Å². The highest BCUT2D eigenvalue weighted by molar-refractivity contribution is 7.93. The van der Waals surface area contributed by atoms with Crippen LogP contribution in [-0.2, 0) is 33.8 Å². The van der Waals surface area contributed by atoms with E-state index in [9.17, 15) is 22.8 Å². The number of aromatic nitrogens is 3. The number of ether oxygens (including phenoxy) is 4. The largest absolute Gasteiger partial charge is 0.477 e. The molecule has 0 radical (unpaired) electrons. The number of rotatable bonds is 19. The lowest BCUT2D eigenvalue weighted by Crippen LogP contribution is -2.37. The van der Waals surface area contributed by atoms with Crippen molar-refractivity contribution in [1.29, 1.82) is 0 Å². The van der Waals surface area contributed by atoms with Gasteiger partial charge in [-0.05, 0) is 52.7 Å². The molecule has 0 spiro atoms. The number of alkyl carbamates (subject to hydrolysis) is 1. The highest BCUT2D eigenvalue weighted by Gasteiger charge is 2.31. The van der Waals surface area contributed by atoms with Gasteiger partial charge in [-0.25, -0.2) is 23.2 Å². The van der Waals surface area contributed by atoms with Crippen molar-refractivity contribution in [1.82, 2.24) is 25.6 Å². The second-order valence-corrected chi connectivity index (χ2v) is 15.6. The molecule has 1 fully saturated rings. The predicted molar refractivity (Wildman–Crippen MR) is 196 cm³/mol. The average molecular weight is 762 g/mol. The average Bonchev–Trinajstić information content (AvgIpc) is 3.80. The summed E-state index contributed by atoms with van der Waals surface area (Å²) < 4.78 is 49.8. The Kier molecular flexibility index (Phi) is 15.1. The molecule has 0 bridgehead atoms.